The molecule has 0 N–H and O–H groups in total. The number of rotatable bonds is 4. The molecule has 2 aliphatic heterocycles. The monoisotopic (exact) mass is 457 g/mol. The topological polar surface area (TPSA) is 65.1 Å². The van der Waals surface area contributed by atoms with Crippen LogP contribution in [0.5, 0.6) is 5.75 Å². The van der Waals surface area contributed by atoms with Crippen LogP contribution in [0.1, 0.15) is 52.2 Å². The van der Waals surface area contributed by atoms with Gasteiger partial charge in [0.05, 0.1) is 17.2 Å². The SMILES string of the molecule is CCC1COc2ccccc2S(=O)(=O)N1Cc1cc(B2OC(C)(C)C(C)(C)O2)ccc1C. The summed E-state index contributed by atoms with van der Waals surface area (Å²) in [5.41, 5.74) is 1.96. The molecule has 2 heterocycles. The Morgan fingerprint density at radius 1 is 1.06 bits per heavy atom. The summed E-state index contributed by atoms with van der Waals surface area (Å²) < 4.78 is 47.1. The van der Waals surface area contributed by atoms with Gasteiger partial charge in [-0.25, -0.2) is 8.42 Å². The average molecular weight is 457 g/mol. The van der Waals surface area contributed by atoms with Crippen LogP contribution in [0.3, 0.4) is 0 Å². The van der Waals surface area contributed by atoms with Crippen molar-refractivity contribution >= 4 is 22.6 Å². The first-order valence-corrected chi connectivity index (χ1v) is 12.6. The van der Waals surface area contributed by atoms with Crippen molar-refractivity contribution in [3.05, 3.63) is 53.6 Å². The lowest BCUT2D eigenvalue weighted by molar-refractivity contribution is 0.00578. The van der Waals surface area contributed by atoms with Gasteiger partial charge in [-0.15, -0.1) is 0 Å². The van der Waals surface area contributed by atoms with Crippen molar-refractivity contribution in [3.63, 3.8) is 0 Å². The number of hydrogen-bond acceptors (Lipinski definition) is 5. The molecule has 4 rings (SSSR count). The van der Waals surface area contributed by atoms with Gasteiger partial charge in [-0.2, -0.15) is 4.31 Å². The summed E-state index contributed by atoms with van der Waals surface area (Å²) >= 11 is 0. The van der Waals surface area contributed by atoms with Crippen molar-refractivity contribution in [1.82, 2.24) is 4.31 Å². The zero-order valence-electron chi connectivity index (χ0n) is 19.7. The molecule has 8 heteroatoms. The van der Waals surface area contributed by atoms with Gasteiger partial charge < -0.3 is 14.0 Å². The Balaban J connectivity index is 1.69. The van der Waals surface area contributed by atoms with Gasteiger partial charge >= 0.3 is 7.12 Å². The molecule has 2 aromatic carbocycles. The van der Waals surface area contributed by atoms with Crippen LogP contribution in [-0.4, -0.2) is 43.7 Å². The Bertz CT molecular complexity index is 1100. The molecule has 0 aliphatic carbocycles. The second-order valence-electron chi connectivity index (χ2n) is 9.64. The average Bonchev–Trinajstić information content (AvgIpc) is 2.89. The van der Waals surface area contributed by atoms with Gasteiger partial charge in [-0.3, -0.25) is 0 Å². The summed E-state index contributed by atoms with van der Waals surface area (Å²) in [6, 6.07) is 12.6. The normalized spacial score (nSPS) is 23.9. The van der Waals surface area contributed by atoms with Gasteiger partial charge in [0, 0.05) is 6.54 Å². The number of aryl methyl sites for hydroxylation is 1. The Morgan fingerprint density at radius 2 is 1.72 bits per heavy atom. The first-order valence-electron chi connectivity index (χ1n) is 11.1. The van der Waals surface area contributed by atoms with Crippen LogP contribution in [0.4, 0.5) is 0 Å². The fourth-order valence-corrected chi connectivity index (χ4v) is 5.86. The van der Waals surface area contributed by atoms with E-state index in [-0.39, 0.29) is 17.5 Å². The third-order valence-corrected chi connectivity index (χ3v) is 8.91. The molecule has 1 saturated heterocycles. The predicted molar refractivity (Wildman–Crippen MR) is 126 cm³/mol. The standard InChI is InChI=1S/C24H32BNO5S/c1-7-20-16-29-21-10-8-9-11-22(21)32(27,28)26(20)15-18-14-19(13-12-17(18)2)25-30-23(3,4)24(5,6)31-25/h8-14,20H,7,15-16H2,1-6H3. The van der Waals surface area contributed by atoms with Gasteiger partial charge in [0.15, 0.2) is 0 Å². The van der Waals surface area contributed by atoms with Crippen LogP contribution in [0.25, 0.3) is 0 Å². The van der Waals surface area contributed by atoms with Crippen molar-refractivity contribution in [2.75, 3.05) is 6.61 Å². The molecule has 0 radical (unpaired) electrons. The van der Waals surface area contributed by atoms with Gasteiger partial charge in [0.1, 0.15) is 17.3 Å². The zero-order chi connectivity index (χ0) is 23.3. The number of sulfonamides is 1. The van der Waals surface area contributed by atoms with E-state index >= 15 is 0 Å². The number of fused-ring (bicyclic) bond motifs is 1. The number of para-hydroxylation sites is 1. The smallest absolute Gasteiger partial charge is 0.490 e. The highest BCUT2D eigenvalue weighted by Crippen LogP contribution is 2.37. The van der Waals surface area contributed by atoms with E-state index in [1.807, 2.05) is 59.7 Å². The molecule has 2 aromatic rings. The minimum absolute atomic E-state index is 0.218. The highest BCUT2D eigenvalue weighted by molar-refractivity contribution is 7.89. The largest absolute Gasteiger partial charge is 0.494 e. The van der Waals surface area contributed by atoms with E-state index in [4.69, 9.17) is 14.0 Å². The summed E-state index contributed by atoms with van der Waals surface area (Å²) in [7, 11) is -4.21. The molecule has 2 aliphatic rings. The van der Waals surface area contributed by atoms with Crippen molar-refractivity contribution < 1.29 is 22.5 Å². The number of nitrogens with zero attached hydrogens (tertiary/aromatic N) is 1. The summed E-state index contributed by atoms with van der Waals surface area (Å²) in [6.45, 7) is 12.7. The van der Waals surface area contributed by atoms with Crippen molar-refractivity contribution in [1.29, 1.82) is 0 Å². The van der Waals surface area contributed by atoms with E-state index in [0.29, 0.717) is 18.8 Å². The molecule has 0 saturated carbocycles. The second kappa shape index (κ2) is 8.17. The first kappa shape index (κ1) is 23.3. The molecule has 1 fully saturated rings. The Morgan fingerprint density at radius 3 is 2.38 bits per heavy atom. The quantitative estimate of drug-likeness (QED) is 0.656. The van der Waals surface area contributed by atoms with E-state index in [1.54, 1.807) is 28.6 Å². The summed E-state index contributed by atoms with van der Waals surface area (Å²) in [6.07, 6.45) is 0.656. The summed E-state index contributed by atoms with van der Waals surface area (Å²) in [4.78, 5) is 0.218. The lowest BCUT2D eigenvalue weighted by Gasteiger charge is -2.32. The molecule has 0 bridgehead atoms. The number of hydrogen-bond donors (Lipinski definition) is 0. The number of benzene rings is 2. The van der Waals surface area contributed by atoms with Gasteiger partial charge in [-0.05, 0) is 69.8 Å². The fourth-order valence-electron chi connectivity index (χ4n) is 4.07. The van der Waals surface area contributed by atoms with Crippen LogP contribution < -0.4 is 10.2 Å². The molecule has 6 nitrogen and oxygen atoms in total. The molecule has 172 valence electrons. The molecular formula is C24H32BNO5S. The minimum atomic E-state index is -3.72. The molecule has 0 amide bonds. The van der Waals surface area contributed by atoms with E-state index in [9.17, 15) is 8.42 Å². The van der Waals surface area contributed by atoms with Crippen LogP contribution in [0, 0.1) is 6.92 Å². The van der Waals surface area contributed by atoms with Crippen LogP contribution in [0.2, 0.25) is 0 Å². The lowest BCUT2D eigenvalue weighted by Crippen LogP contribution is -2.41. The predicted octanol–water partition coefficient (Wildman–Crippen LogP) is 3.66. The highest BCUT2D eigenvalue weighted by Gasteiger charge is 2.51. The lowest BCUT2D eigenvalue weighted by atomic mass is 9.77. The van der Waals surface area contributed by atoms with Crippen molar-refractivity contribution in [3.8, 4) is 5.75 Å². The third-order valence-electron chi connectivity index (χ3n) is 6.97. The zero-order valence-corrected chi connectivity index (χ0v) is 20.5. The molecule has 0 aromatic heterocycles. The summed E-state index contributed by atoms with van der Waals surface area (Å²) in [5.74, 6) is 0.413. The Hall–Kier alpha value is -1.87. The number of ether oxygens (including phenoxy) is 1. The molecule has 0 spiro atoms. The van der Waals surface area contributed by atoms with Crippen LogP contribution in [0.15, 0.2) is 47.4 Å². The van der Waals surface area contributed by atoms with Crippen LogP contribution >= 0.6 is 0 Å². The minimum Gasteiger partial charge on any atom is -0.490 e. The van der Waals surface area contributed by atoms with Gasteiger partial charge in [-0.1, -0.05) is 37.3 Å². The van der Waals surface area contributed by atoms with Gasteiger partial charge in [0.25, 0.3) is 0 Å². The maximum absolute atomic E-state index is 13.6. The van der Waals surface area contributed by atoms with Crippen molar-refractivity contribution in [2.45, 2.75) is 76.6 Å². The first-order chi connectivity index (χ1) is 15.0. The maximum atomic E-state index is 13.6. The summed E-state index contributed by atoms with van der Waals surface area (Å²) in [5, 5.41) is 0. The Labute approximate surface area is 192 Å². The van der Waals surface area contributed by atoms with E-state index < -0.39 is 28.3 Å². The third kappa shape index (κ3) is 3.98. The van der Waals surface area contributed by atoms with Crippen LogP contribution in [-0.2, 0) is 25.9 Å². The van der Waals surface area contributed by atoms with Gasteiger partial charge in [0.2, 0.25) is 10.0 Å². The van der Waals surface area contributed by atoms with Crippen molar-refractivity contribution in [2.24, 2.45) is 0 Å². The maximum Gasteiger partial charge on any atom is 0.494 e. The molecule has 1 unspecified atom stereocenters. The Kier molecular flexibility index (Phi) is 5.95. The molecular weight excluding hydrogens is 425 g/mol. The molecule has 32 heavy (non-hydrogen) atoms. The molecule has 1 atom stereocenters. The highest BCUT2D eigenvalue weighted by atomic mass is 32.2. The fraction of sp³-hybridized carbons (Fsp3) is 0.500. The van der Waals surface area contributed by atoms with E-state index in [1.165, 1.54) is 0 Å². The van der Waals surface area contributed by atoms with E-state index in [0.717, 1.165) is 16.6 Å². The second-order valence-corrected chi connectivity index (χ2v) is 11.5. The van der Waals surface area contributed by atoms with E-state index in [2.05, 4.69) is 0 Å².